The lowest BCUT2D eigenvalue weighted by Crippen LogP contribution is -2.42. The van der Waals surface area contributed by atoms with Gasteiger partial charge in [-0.25, -0.2) is 0 Å². The lowest BCUT2D eigenvalue weighted by atomic mass is 10.1. The lowest BCUT2D eigenvalue weighted by Gasteiger charge is -2.37. The van der Waals surface area contributed by atoms with Gasteiger partial charge in [-0.15, -0.1) is 0 Å². The first-order chi connectivity index (χ1) is 9.63. The Morgan fingerprint density at radius 3 is 2.52 bits per heavy atom. The molecule has 1 aromatic heterocycles. The second-order valence-corrected chi connectivity index (χ2v) is 12.0. The monoisotopic (exact) mass is 307 g/mol. The molecule has 2 atom stereocenters. The molecule has 0 saturated carbocycles. The van der Waals surface area contributed by atoms with Gasteiger partial charge in [0.25, 0.3) is 0 Å². The van der Waals surface area contributed by atoms with Crippen LogP contribution in [0.5, 0.6) is 0 Å². The minimum absolute atomic E-state index is 0.0686. The molecule has 1 aromatic rings. The van der Waals surface area contributed by atoms with E-state index in [0.29, 0.717) is 6.61 Å². The van der Waals surface area contributed by atoms with Crippen LogP contribution in [0.3, 0.4) is 0 Å². The maximum absolute atomic E-state index is 10.2. The van der Waals surface area contributed by atoms with E-state index in [4.69, 9.17) is 4.43 Å². The predicted octanol–water partition coefficient (Wildman–Crippen LogP) is 4.11. The second kappa shape index (κ2) is 7.34. The van der Waals surface area contributed by atoms with Crippen molar-refractivity contribution < 1.29 is 9.53 Å². The van der Waals surface area contributed by atoms with Crippen LogP contribution in [0, 0.1) is 5.92 Å². The Morgan fingerprint density at radius 2 is 2.00 bits per heavy atom. The van der Waals surface area contributed by atoms with Crippen LogP contribution < -0.4 is 0 Å². The average Bonchev–Trinajstić information content (AvgIpc) is 2.42. The van der Waals surface area contributed by atoms with Gasteiger partial charge >= 0.3 is 0 Å². The van der Waals surface area contributed by atoms with Crippen molar-refractivity contribution in [2.45, 2.75) is 51.9 Å². The normalized spacial score (nSPS) is 16.1. The molecule has 0 bridgehead atoms. The highest BCUT2D eigenvalue weighted by molar-refractivity contribution is 6.74. The molecule has 0 radical (unpaired) electrons. The Hall–Kier alpha value is -0.973. The highest BCUT2D eigenvalue weighted by Gasteiger charge is 2.37. The fourth-order valence-corrected chi connectivity index (χ4v) is 2.63. The van der Waals surface area contributed by atoms with E-state index in [1.54, 1.807) is 12.3 Å². The summed E-state index contributed by atoms with van der Waals surface area (Å²) in [6.45, 7) is 13.7. The zero-order valence-corrected chi connectivity index (χ0v) is 15.1. The molecule has 0 amide bonds. The third kappa shape index (κ3) is 5.73. The van der Waals surface area contributed by atoms with Crippen molar-refractivity contribution in [1.29, 1.82) is 0 Å². The first-order valence-corrected chi connectivity index (χ1v) is 10.5. The summed E-state index contributed by atoms with van der Waals surface area (Å²) in [5, 5.41) is 10.4. The van der Waals surface area contributed by atoms with Crippen molar-refractivity contribution in [3.05, 3.63) is 36.2 Å². The van der Waals surface area contributed by atoms with E-state index < -0.39 is 14.4 Å². The summed E-state index contributed by atoms with van der Waals surface area (Å²) in [6.07, 6.45) is 4.88. The topological polar surface area (TPSA) is 42.4 Å². The van der Waals surface area contributed by atoms with Gasteiger partial charge in [-0.3, -0.25) is 4.98 Å². The maximum Gasteiger partial charge on any atom is 0.191 e. The van der Waals surface area contributed by atoms with Crippen LogP contribution in [-0.4, -0.2) is 31.1 Å². The summed E-state index contributed by atoms with van der Waals surface area (Å²) in [6, 6.07) is 5.73. The van der Waals surface area contributed by atoms with Gasteiger partial charge in [0.2, 0.25) is 0 Å². The number of hydrogen-bond acceptors (Lipinski definition) is 3. The number of hydrogen-bond donors (Lipinski definition) is 1. The van der Waals surface area contributed by atoms with Crippen LogP contribution in [0.2, 0.25) is 18.1 Å². The Balaban J connectivity index is 2.52. The molecule has 1 N–H and O–H groups in total. The van der Waals surface area contributed by atoms with E-state index in [-0.39, 0.29) is 11.0 Å². The van der Waals surface area contributed by atoms with Gasteiger partial charge in [0, 0.05) is 18.7 Å². The van der Waals surface area contributed by atoms with Gasteiger partial charge in [0.15, 0.2) is 8.32 Å². The van der Waals surface area contributed by atoms with E-state index in [2.05, 4.69) is 38.8 Å². The largest absolute Gasteiger partial charge is 0.416 e. The first kappa shape index (κ1) is 18.1. The minimum atomic E-state index is -1.75. The Bertz CT molecular complexity index is 452. The van der Waals surface area contributed by atoms with E-state index in [1.807, 2.05) is 31.2 Å². The van der Waals surface area contributed by atoms with Gasteiger partial charge in [0.05, 0.1) is 11.8 Å². The van der Waals surface area contributed by atoms with Gasteiger partial charge < -0.3 is 9.53 Å². The summed E-state index contributed by atoms with van der Waals surface area (Å²) in [4.78, 5) is 4.21. The molecular formula is C17H29NO2Si. The van der Waals surface area contributed by atoms with Crippen LogP contribution in [0.15, 0.2) is 30.5 Å². The zero-order chi connectivity index (χ0) is 16.1. The Labute approximate surface area is 130 Å². The molecule has 3 nitrogen and oxygen atoms in total. The molecular weight excluding hydrogens is 278 g/mol. The quantitative estimate of drug-likeness (QED) is 0.804. The van der Waals surface area contributed by atoms with Crippen molar-refractivity contribution in [2.75, 3.05) is 6.61 Å². The number of aliphatic hydroxyl groups is 1. The molecule has 1 heterocycles. The number of nitrogens with zero attached hydrogens (tertiary/aromatic N) is 1. The van der Waals surface area contributed by atoms with Crippen molar-refractivity contribution in [2.24, 2.45) is 5.92 Å². The SMILES string of the molecule is C[C@H](CO[Si](C)(C)C(C)(C)C)C(O)/C=C/c1ccccn1. The average molecular weight is 308 g/mol. The summed E-state index contributed by atoms with van der Waals surface area (Å²) < 4.78 is 6.16. The van der Waals surface area contributed by atoms with Crippen molar-refractivity contribution in [3.63, 3.8) is 0 Å². The van der Waals surface area contributed by atoms with Crippen molar-refractivity contribution >= 4 is 14.4 Å². The zero-order valence-electron chi connectivity index (χ0n) is 14.1. The maximum atomic E-state index is 10.2. The highest BCUT2D eigenvalue weighted by Crippen LogP contribution is 2.36. The summed E-state index contributed by atoms with van der Waals surface area (Å²) in [5.74, 6) is 0.0686. The van der Waals surface area contributed by atoms with Crippen LogP contribution in [0.1, 0.15) is 33.4 Å². The molecule has 0 spiro atoms. The van der Waals surface area contributed by atoms with Crippen LogP contribution in [0.25, 0.3) is 6.08 Å². The van der Waals surface area contributed by atoms with Gasteiger partial charge in [0.1, 0.15) is 0 Å². The molecule has 0 fully saturated rings. The number of aliphatic hydroxyl groups excluding tert-OH is 1. The van der Waals surface area contributed by atoms with Gasteiger partial charge in [-0.1, -0.05) is 39.8 Å². The van der Waals surface area contributed by atoms with Crippen molar-refractivity contribution in [1.82, 2.24) is 4.98 Å². The van der Waals surface area contributed by atoms with Crippen molar-refractivity contribution in [3.8, 4) is 0 Å². The lowest BCUT2D eigenvalue weighted by molar-refractivity contribution is 0.115. The molecule has 0 aliphatic heterocycles. The van der Waals surface area contributed by atoms with Crippen LogP contribution in [0.4, 0.5) is 0 Å². The summed E-state index contributed by atoms with van der Waals surface area (Å²) in [7, 11) is -1.75. The van der Waals surface area contributed by atoms with E-state index >= 15 is 0 Å². The van der Waals surface area contributed by atoms with E-state index in [1.165, 1.54) is 0 Å². The minimum Gasteiger partial charge on any atom is -0.416 e. The van der Waals surface area contributed by atoms with Crippen LogP contribution in [-0.2, 0) is 4.43 Å². The molecule has 0 saturated heterocycles. The second-order valence-electron chi connectivity index (χ2n) is 7.15. The number of aromatic nitrogens is 1. The molecule has 0 aliphatic carbocycles. The van der Waals surface area contributed by atoms with Gasteiger partial charge in [-0.2, -0.15) is 0 Å². The Morgan fingerprint density at radius 1 is 1.33 bits per heavy atom. The van der Waals surface area contributed by atoms with E-state index in [0.717, 1.165) is 5.69 Å². The summed E-state index contributed by atoms with van der Waals surface area (Å²) in [5.41, 5.74) is 0.856. The third-order valence-electron chi connectivity index (χ3n) is 4.25. The molecule has 0 aromatic carbocycles. The molecule has 1 unspecified atom stereocenters. The molecule has 1 rings (SSSR count). The van der Waals surface area contributed by atoms with E-state index in [9.17, 15) is 5.11 Å². The van der Waals surface area contributed by atoms with Gasteiger partial charge in [-0.05, 0) is 36.3 Å². The predicted molar refractivity (Wildman–Crippen MR) is 91.6 cm³/mol. The fourth-order valence-electron chi connectivity index (χ4n) is 1.52. The number of rotatable bonds is 6. The third-order valence-corrected chi connectivity index (χ3v) is 8.75. The highest BCUT2D eigenvalue weighted by atomic mass is 28.4. The van der Waals surface area contributed by atoms with Crippen LogP contribution >= 0.6 is 0 Å². The molecule has 118 valence electrons. The summed E-state index contributed by atoms with van der Waals surface area (Å²) >= 11 is 0. The molecule has 21 heavy (non-hydrogen) atoms. The molecule has 4 heteroatoms. The smallest absolute Gasteiger partial charge is 0.191 e. The standard InChI is InChI=1S/C17H29NO2Si/c1-14(13-20-21(5,6)17(2,3)4)16(19)11-10-15-9-7-8-12-18-15/h7-12,14,16,19H,13H2,1-6H3/b11-10+/t14-,16?/m1/s1. The fraction of sp³-hybridized carbons (Fsp3) is 0.588. The Kier molecular flexibility index (Phi) is 6.32. The number of pyridine rings is 1. The molecule has 0 aliphatic rings. The first-order valence-electron chi connectivity index (χ1n) is 7.55.